The van der Waals surface area contributed by atoms with Crippen LogP contribution in [0.3, 0.4) is 0 Å². The molecule has 0 spiro atoms. The van der Waals surface area contributed by atoms with Gasteiger partial charge in [-0.15, -0.1) is 0 Å². The van der Waals surface area contributed by atoms with Crippen LogP contribution in [0.2, 0.25) is 0 Å². The number of morpholine rings is 3. The van der Waals surface area contributed by atoms with Gasteiger partial charge >= 0.3 is 0 Å². The molecule has 0 atom stereocenters. The van der Waals surface area contributed by atoms with Crippen LogP contribution in [0.4, 0.5) is 44.3 Å². The van der Waals surface area contributed by atoms with Gasteiger partial charge in [0.25, 0.3) is 28.5 Å². The first-order chi connectivity index (χ1) is 41.3. The summed E-state index contributed by atoms with van der Waals surface area (Å²) in [6.45, 7) is 13.9. The average molecular weight is 1170 g/mol. The molecule has 8 heterocycles. The third-order valence-electron chi connectivity index (χ3n) is 15.2. The fourth-order valence-electron chi connectivity index (χ4n) is 10.3. The lowest BCUT2D eigenvalue weighted by atomic mass is 10.0. The number of rotatable bonds is 11. The second kappa shape index (κ2) is 27.5. The zero-order valence-electron chi connectivity index (χ0n) is 49.9. The highest BCUT2D eigenvalue weighted by Crippen LogP contribution is 2.32. The zero-order chi connectivity index (χ0) is 61.2. The van der Waals surface area contributed by atoms with Crippen LogP contribution in [0.5, 0.6) is 0 Å². The number of hydrogen-bond donors (Lipinski definition) is 3. The molecule has 0 aliphatic carbocycles. The molecule has 86 heavy (non-hydrogen) atoms. The molecule has 8 aromatic rings. The fraction of sp³-hybridized carbons (Fsp3) is 0.308. The highest BCUT2D eigenvalue weighted by Gasteiger charge is 2.22. The molecule has 2 amide bonds. The standard InChI is InChI=1S/C25H29N5O3.C23H23FN4O3.C17H21N3O2/c1-17-5-6-20(27-24(31)18-7-8-26-23(14-18)28(2)3)15-21(17)19-13-22(25(32)29(4)16-19)30-9-11-33-12-10-30;1-15-3-4-18(26-22(29)16-5-6-25-21(24)12-16)13-19(15)17-11-20(23(30)27(2)14-17)28-7-9-31-10-8-28;1-12-3-4-14(18)10-15(12)13-9-16(17(21)19(2)11-13)20-5-7-22-8-6-20/h5-8,13-16H,9-12H2,1-4H3,(H,27,31);3-6,11-14H,7-10H2,1-2H3,(H,26,29);3-4,9-11H,5-8,18H2,1-2H3. The highest BCUT2D eigenvalue weighted by molar-refractivity contribution is 6.05. The number of nitrogens with zero attached hydrogens (tertiary/aromatic N) is 9. The van der Waals surface area contributed by atoms with Crippen molar-refractivity contribution in [3.63, 3.8) is 0 Å². The van der Waals surface area contributed by atoms with E-state index in [-0.39, 0.29) is 28.1 Å². The Morgan fingerprint density at radius 3 is 1.24 bits per heavy atom. The highest BCUT2D eigenvalue weighted by atomic mass is 19.1. The van der Waals surface area contributed by atoms with Crippen LogP contribution in [-0.4, -0.2) is 128 Å². The van der Waals surface area contributed by atoms with Gasteiger partial charge in [0.1, 0.15) is 22.9 Å². The zero-order valence-corrected chi connectivity index (χ0v) is 49.9. The maximum Gasteiger partial charge on any atom is 0.273 e. The Balaban J connectivity index is 0.000000157. The number of anilines is 7. The molecule has 448 valence electrons. The molecule has 0 radical (unpaired) electrons. The van der Waals surface area contributed by atoms with E-state index in [0.717, 1.165) is 80.6 Å². The van der Waals surface area contributed by atoms with Crippen molar-refractivity contribution >= 4 is 51.8 Å². The molecule has 0 bridgehead atoms. The number of ether oxygens (including phenoxy) is 3. The quantitative estimate of drug-likeness (QED) is 0.0837. The molecular weight excluding hydrogens is 1100 g/mol. The second-order valence-corrected chi connectivity index (χ2v) is 21.6. The lowest BCUT2D eigenvalue weighted by molar-refractivity contribution is 0.101. The number of nitrogens with two attached hydrogens (primary N) is 1. The van der Waals surface area contributed by atoms with Crippen LogP contribution in [-0.2, 0) is 35.4 Å². The summed E-state index contributed by atoms with van der Waals surface area (Å²) in [5.41, 5.74) is 19.5. The SMILES string of the molecule is Cc1ccc(N)cc1-c1cc(N2CCOCC2)c(=O)n(C)c1.Cc1ccc(NC(=O)c2ccnc(F)c2)cc1-c1cc(N2CCOCC2)c(=O)n(C)c1.Cc1ccc(NC(=O)c2ccnc(N(C)C)c2)cc1-c1cc(N2CCOCC2)c(=O)n(C)c1. The summed E-state index contributed by atoms with van der Waals surface area (Å²) in [5, 5.41) is 5.78. The molecule has 5 aromatic heterocycles. The number of halogens is 1. The van der Waals surface area contributed by atoms with Crippen molar-refractivity contribution in [2.75, 3.05) is 129 Å². The summed E-state index contributed by atoms with van der Waals surface area (Å²) in [6.07, 6.45) is 8.38. The van der Waals surface area contributed by atoms with Crippen LogP contribution in [0, 0.1) is 26.7 Å². The Morgan fingerprint density at radius 2 is 0.860 bits per heavy atom. The maximum absolute atomic E-state index is 13.3. The van der Waals surface area contributed by atoms with Crippen LogP contribution in [0.25, 0.3) is 33.4 Å². The van der Waals surface area contributed by atoms with Crippen LogP contribution in [0.1, 0.15) is 37.4 Å². The van der Waals surface area contributed by atoms with Crippen molar-refractivity contribution in [1.82, 2.24) is 23.7 Å². The van der Waals surface area contributed by atoms with Crippen LogP contribution < -0.4 is 52.6 Å². The summed E-state index contributed by atoms with van der Waals surface area (Å²) in [6, 6.07) is 29.0. The number of pyridine rings is 5. The predicted octanol–water partition coefficient (Wildman–Crippen LogP) is 7.67. The van der Waals surface area contributed by atoms with E-state index in [1.54, 1.807) is 65.4 Å². The van der Waals surface area contributed by atoms with Crippen molar-refractivity contribution in [2.45, 2.75) is 20.8 Å². The van der Waals surface area contributed by atoms with E-state index < -0.39 is 11.9 Å². The van der Waals surface area contributed by atoms with E-state index in [1.807, 2.05) is 124 Å². The van der Waals surface area contributed by atoms with Crippen molar-refractivity contribution in [3.8, 4) is 33.4 Å². The molecule has 3 saturated heterocycles. The van der Waals surface area contributed by atoms with Gasteiger partial charge in [-0.25, -0.2) is 9.97 Å². The van der Waals surface area contributed by atoms with Gasteiger partial charge in [0.15, 0.2) is 0 Å². The Bertz CT molecular complexity index is 3960. The molecule has 20 nitrogen and oxygen atoms in total. The van der Waals surface area contributed by atoms with Gasteiger partial charge in [-0.1, -0.05) is 18.2 Å². The first kappa shape index (κ1) is 61.1. The van der Waals surface area contributed by atoms with Gasteiger partial charge in [-0.2, -0.15) is 4.39 Å². The predicted molar refractivity (Wildman–Crippen MR) is 338 cm³/mol. The smallest absolute Gasteiger partial charge is 0.273 e. The minimum absolute atomic E-state index is 0.0206. The van der Waals surface area contributed by atoms with E-state index >= 15 is 0 Å². The Labute approximate surface area is 498 Å². The first-order valence-corrected chi connectivity index (χ1v) is 28.4. The van der Waals surface area contributed by atoms with Gasteiger partial charge in [0.2, 0.25) is 5.95 Å². The van der Waals surface area contributed by atoms with E-state index in [2.05, 4.69) is 30.4 Å². The van der Waals surface area contributed by atoms with Gasteiger partial charge < -0.3 is 63.9 Å². The molecular formula is C65H73FN12O8. The number of aryl methyl sites for hydroxylation is 6. The molecule has 4 N–H and O–H groups in total. The third kappa shape index (κ3) is 14.7. The number of carbonyl (C=O) groups is 2. The Morgan fingerprint density at radius 1 is 0.500 bits per heavy atom. The molecule has 3 aliphatic rings. The lowest BCUT2D eigenvalue weighted by Gasteiger charge is -2.29. The van der Waals surface area contributed by atoms with Crippen molar-refractivity contribution < 1.29 is 28.2 Å². The number of hydrogen-bond acceptors (Lipinski definition) is 15. The molecule has 0 saturated carbocycles. The summed E-state index contributed by atoms with van der Waals surface area (Å²) >= 11 is 0. The monoisotopic (exact) mass is 1170 g/mol. The van der Waals surface area contributed by atoms with Gasteiger partial charge in [0.05, 0.1) is 39.6 Å². The van der Waals surface area contributed by atoms with E-state index in [4.69, 9.17) is 19.9 Å². The molecule has 21 heteroatoms. The Kier molecular flexibility index (Phi) is 19.6. The molecule has 3 aromatic carbocycles. The second-order valence-electron chi connectivity index (χ2n) is 21.6. The third-order valence-corrected chi connectivity index (χ3v) is 15.2. The van der Waals surface area contributed by atoms with Crippen LogP contribution >= 0.6 is 0 Å². The number of carbonyl (C=O) groups excluding carboxylic acids is 2. The lowest BCUT2D eigenvalue weighted by Crippen LogP contribution is -2.40. The summed E-state index contributed by atoms with van der Waals surface area (Å²) in [5.74, 6) is -0.624. The summed E-state index contributed by atoms with van der Waals surface area (Å²) in [4.78, 5) is 79.1. The van der Waals surface area contributed by atoms with Crippen LogP contribution in [0.15, 0.2) is 142 Å². The number of nitrogens with one attached hydrogen (secondary N) is 2. The number of aromatic nitrogens is 5. The minimum atomic E-state index is -0.710. The van der Waals surface area contributed by atoms with Crippen molar-refractivity contribution in [2.24, 2.45) is 21.1 Å². The van der Waals surface area contributed by atoms with Gasteiger partial charge in [-0.3, -0.25) is 24.0 Å². The first-order valence-electron chi connectivity index (χ1n) is 28.4. The number of amides is 2. The summed E-state index contributed by atoms with van der Waals surface area (Å²) in [7, 11) is 9.05. The molecule has 0 unspecified atom stereocenters. The topological polar surface area (TPSA) is 217 Å². The van der Waals surface area contributed by atoms with Crippen molar-refractivity contribution in [1.29, 1.82) is 0 Å². The Hall–Kier alpha value is -9.44. The van der Waals surface area contributed by atoms with Crippen molar-refractivity contribution in [3.05, 3.63) is 193 Å². The van der Waals surface area contributed by atoms with Gasteiger partial charge in [0, 0.05) is 156 Å². The van der Waals surface area contributed by atoms with E-state index in [1.165, 1.54) is 12.3 Å². The summed E-state index contributed by atoms with van der Waals surface area (Å²) < 4.78 is 34.4. The average Bonchev–Trinajstić information content (AvgIpc) is 1.47. The molecule has 3 aliphatic heterocycles. The number of benzene rings is 3. The normalized spacial score (nSPS) is 14.1. The largest absolute Gasteiger partial charge is 0.399 e. The van der Waals surface area contributed by atoms with Gasteiger partial charge in [-0.05, 0) is 127 Å². The molecule has 3 fully saturated rings. The maximum atomic E-state index is 13.3. The van der Waals surface area contributed by atoms with E-state index in [9.17, 15) is 28.4 Å². The molecule has 11 rings (SSSR count). The van der Waals surface area contributed by atoms with E-state index in [0.29, 0.717) is 100.0 Å². The fourth-order valence-corrected chi connectivity index (χ4v) is 10.3. The number of nitrogen functional groups attached to an aromatic ring is 1. The minimum Gasteiger partial charge on any atom is -0.399 e.